The second-order valence-corrected chi connectivity index (χ2v) is 5.36. The molecule has 0 aliphatic rings. The number of sulfonamides is 1. The third-order valence-corrected chi connectivity index (χ3v) is 3.71. The minimum absolute atomic E-state index is 0.119. The van der Waals surface area contributed by atoms with Crippen molar-refractivity contribution in [2.24, 2.45) is 5.73 Å². The van der Waals surface area contributed by atoms with Gasteiger partial charge in [-0.3, -0.25) is 0 Å². The van der Waals surface area contributed by atoms with Gasteiger partial charge in [-0.25, -0.2) is 23.1 Å². The maximum atomic E-state index is 11.9. The van der Waals surface area contributed by atoms with Crippen molar-refractivity contribution in [1.29, 1.82) is 0 Å². The highest BCUT2D eigenvalue weighted by Gasteiger charge is 2.15. The summed E-state index contributed by atoms with van der Waals surface area (Å²) < 4.78 is 26.3. The molecule has 0 spiro atoms. The van der Waals surface area contributed by atoms with Gasteiger partial charge in [0.25, 0.3) is 0 Å². The topological polar surface area (TPSA) is 114 Å². The zero-order valence-corrected chi connectivity index (χ0v) is 10.3. The first-order valence-electron chi connectivity index (χ1n) is 5.24. The summed E-state index contributed by atoms with van der Waals surface area (Å²) in [6.07, 6.45) is 4.33. The molecule has 96 valence electrons. The van der Waals surface area contributed by atoms with Crippen molar-refractivity contribution >= 4 is 10.0 Å². The van der Waals surface area contributed by atoms with Crippen LogP contribution in [0.25, 0.3) is 0 Å². The molecular formula is C10H13N5O2S. The average Bonchev–Trinajstić information content (AvgIpc) is 2.87. The lowest BCUT2D eigenvalue weighted by Gasteiger charge is -2.03. The maximum absolute atomic E-state index is 11.9. The maximum Gasteiger partial charge on any atom is 0.242 e. The molecule has 0 atom stereocenters. The second-order valence-electron chi connectivity index (χ2n) is 3.59. The van der Waals surface area contributed by atoms with E-state index in [0.29, 0.717) is 11.4 Å². The molecule has 2 rings (SSSR count). The quantitative estimate of drug-likeness (QED) is 0.690. The summed E-state index contributed by atoms with van der Waals surface area (Å²) in [5.41, 5.74) is 6.67. The summed E-state index contributed by atoms with van der Waals surface area (Å²) in [5.74, 6) is 0. The van der Waals surface area contributed by atoms with E-state index in [0.717, 1.165) is 0 Å². The van der Waals surface area contributed by atoms with Crippen LogP contribution in [0.2, 0.25) is 0 Å². The summed E-state index contributed by atoms with van der Waals surface area (Å²) in [4.78, 5) is 10.6. The van der Waals surface area contributed by atoms with Gasteiger partial charge in [0.1, 0.15) is 6.33 Å². The van der Waals surface area contributed by atoms with Gasteiger partial charge in [-0.05, 0) is 12.1 Å². The minimum Gasteiger partial charge on any atom is -0.363 e. The highest BCUT2D eigenvalue weighted by molar-refractivity contribution is 7.89. The number of aromatic amines is 1. The predicted molar refractivity (Wildman–Crippen MR) is 64.7 cm³/mol. The smallest absolute Gasteiger partial charge is 0.242 e. The fraction of sp³-hybridized carbons (Fsp3) is 0.200. The number of rotatable bonds is 5. The van der Waals surface area contributed by atoms with Crippen LogP contribution >= 0.6 is 0 Å². The van der Waals surface area contributed by atoms with E-state index in [2.05, 4.69) is 19.7 Å². The highest BCUT2D eigenvalue weighted by atomic mass is 32.2. The second kappa shape index (κ2) is 5.25. The van der Waals surface area contributed by atoms with Crippen LogP contribution in [0.1, 0.15) is 11.4 Å². The van der Waals surface area contributed by atoms with Crippen LogP contribution in [0.5, 0.6) is 0 Å². The van der Waals surface area contributed by atoms with Gasteiger partial charge in [0.2, 0.25) is 10.0 Å². The van der Waals surface area contributed by atoms with Gasteiger partial charge in [0.05, 0.1) is 17.1 Å². The van der Waals surface area contributed by atoms with Gasteiger partial charge in [0, 0.05) is 24.6 Å². The molecule has 8 heteroatoms. The van der Waals surface area contributed by atoms with E-state index < -0.39 is 10.0 Å². The lowest BCUT2D eigenvalue weighted by molar-refractivity contribution is 0.580. The van der Waals surface area contributed by atoms with Crippen molar-refractivity contribution in [1.82, 2.24) is 19.7 Å². The van der Waals surface area contributed by atoms with Crippen molar-refractivity contribution < 1.29 is 8.42 Å². The van der Waals surface area contributed by atoms with Gasteiger partial charge >= 0.3 is 0 Å². The number of nitrogens with one attached hydrogen (secondary N) is 2. The summed E-state index contributed by atoms with van der Waals surface area (Å²) >= 11 is 0. The normalized spacial score (nSPS) is 11.6. The summed E-state index contributed by atoms with van der Waals surface area (Å²) in [7, 11) is -3.54. The minimum atomic E-state index is -3.54. The standard InChI is InChI=1S/C10H13N5O2S/c11-4-9-3-10(6-13-9)18(16,17)15-5-8-1-2-12-7-14-8/h1-3,6-7,13,15H,4-5,11H2. The molecule has 0 saturated carbocycles. The Morgan fingerprint density at radius 1 is 1.44 bits per heavy atom. The first kappa shape index (κ1) is 12.7. The van der Waals surface area contributed by atoms with Crippen LogP contribution in [0.15, 0.2) is 35.7 Å². The van der Waals surface area contributed by atoms with Crippen LogP contribution in [0, 0.1) is 0 Å². The molecule has 7 nitrogen and oxygen atoms in total. The van der Waals surface area contributed by atoms with E-state index in [1.807, 2.05) is 0 Å². The SMILES string of the molecule is NCc1cc(S(=O)(=O)NCc2ccncn2)c[nH]1. The molecule has 0 bridgehead atoms. The predicted octanol–water partition coefficient (Wildman–Crippen LogP) is -0.258. The zero-order chi connectivity index (χ0) is 13.0. The van der Waals surface area contributed by atoms with Gasteiger partial charge in [0.15, 0.2) is 0 Å². The first-order valence-corrected chi connectivity index (χ1v) is 6.72. The van der Waals surface area contributed by atoms with E-state index in [4.69, 9.17) is 5.73 Å². The molecule has 0 aliphatic heterocycles. The Morgan fingerprint density at radius 2 is 2.28 bits per heavy atom. The fourth-order valence-corrected chi connectivity index (χ4v) is 2.38. The highest BCUT2D eigenvalue weighted by Crippen LogP contribution is 2.10. The Balaban J connectivity index is 2.08. The molecular weight excluding hydrogens is 254 g/mol. The van der Waals surface area contributed by atoms with Crippen molar-refractivity contribution in [3.63, 3.8) is 0 Å². The molecule has 0 radical (unpaired) electrons. The average molecular weight is 267 g/mol. The van der Waals surface area contributed by atoms with E-state index in [9.17, 15) is 8.42 Å². The number of nitrogens with zero attached hydrogens (tertiary/aromatic N) is 2. The number of hydrogen-bond acceptors (Lipinski definition) is 5. The number of nitrogens with two attached hydrogens (primary N) is 1. The van der Waals surface area contributed by atoms with Crippen molar-refractivity contribution in [2.75, 3.05) is 0 Å². The Labute approximate surface area is 105 Å². The van der Waals surface area contributed by atoms with E-state index in [-0.39, 0.29) is 18.0 Å². The fourth-order valence-electron chi connectivity index (χ4n) is 1.37. The van der Waals surface area contributed by atoms with Crippen molar-refractivity contribution in [3.8, 4) is 0 Å². The Hall–Kier alpha value is -1.77. The molecule has 0 unspecified atom stereocenters. The van der Waals surface area contributed by atoms with Crippen LogP contribution in [0.4, 0.5) is 0 Å². The number of H-pyrrole nitrogens is 1. The van der Waals surface area contributed by atoms with Crippen molar-refractivity contribution in [2.45, 2.75) is 18.0 Å². The Kier molecular flexibility index (Phi) is 3.70. The van der Waals surface area contributed by atoms with Gasteiger partial charge < -0.3 is 10.7 Å². The Bertz CT molecular complexity index is 608. The van der Waals surface area contributed by atoms with Gasteiger partial charge in [-0.2, -0.15) is 0 Å². The molecule has 0 aliphatic carbocycles. The third kappa shape index (κ3) is 2.92. The molecule has 0 fully saturated rings. The first-order chi connectivity index (χ1) is 8.62. The molecule has 4 N–H and O–H groups in total. The van der Waals surface area contributed by atoms with Crippen LogP contribution < -0.4 is 10.5 Å². The zero-order valence-electron chi connectivity index (χ0n) is 9.50. The van der Waals surface area contributed by atoms with Gasteiger partial charge in [-0.1, -0.05) is 0 Å². The summed E-state index contributed by atoms with van der Waals surface area (Å²) in [5, 5.41) is 0. The van der Waals surface area contributed by atoms with E-state index in [1.165, 1.54) is 18.6 Å². The van der Waals surface area contributed by atoms with Crippen molar-refractivity contribution in [3.05, 3.63) is 42.2 Å². The Morgan fingerprint density at radius 3 is 2.89 bits per heavy atom. The van der Waals surface area contributed by atoms with Crippen LogP contribution in [-0.2, 0) is 23.1 Å². The number of hydrogen-bond donors (Lipinski definition) is 3. The molecule has 2 heterocycles. The van der Waals surface area contributed by atoms with E-state index in [1.54, 1.807) is 12.3 Å². The lowest BCUT2D eigenvalue weighted by Crippen LogP contribution is -2.23. The summed E-state index contributed by atoms with van der Waals surface area (Å²) in [6.45, 7) is 0.384. The van der Waals surface area contributed by atoms with Crippen LogP contribution in [-0.4, -0.2) is 23.4 Å². The molecule has 2 aromatic heterocycles. The molecule has 0 aromatic carbocycles. The lowest BCUT2D eigenvalue weighted by atomic mass is 10.4. The third-order valence-electron chi connectivity index (χ3n) is 2.33. The van der Waals surface area contributed by atoms with E-state index >= 15 is 0 Å². The largest absolute Gasteiger partial charge is 0.363 e. The molecule has 0 saturated heterocycles. The van der Waals surface area contributed by atoms with Crippen LogP contribution in [0.3, 0.4) is 0 Å². The molecule has 0 amide bonds. The summed E-state index contributed by atoms with van der Waals surface area (Å²) in [6, 6.07) is 3.15. The molecule has 2 aromatic rings. The number of aromatic nitrogens is 3. The monoisotopic (exact) mass is 267 g/mol. The molecule has 18 heavy (non-hydrogen) atoms. The van der Waals surface area contributed by atoms with Gasteiger partial charge in [-0.15, -0.1) is 0 Å².